The third kappa shape index (κ3) is 3.00. The molecule has 0 aliphatic heterocycles. The van der Waals surface area contributed by atoms with Gasteiger partial charge in [-0.1, -0.05) is 6.07 Å². The number of aromatic nitrogens is 2. The molecule has 0 amide bonds. The Hall–Kier alpha value is -1.49. The van der Waals surface area contributed by atoms with Gasteiger partial charge in [0.25, 0.3) is 0 Å². The minimum atomic E-state index is 0.582. The predicted molar refractivity (Wildman–Crippen MR) is 71.0 cm³/mol. The Morgan fingerprint density at radius 1 is 1.47 bits per heavy atom. The average Bonchev–Trinajstić information content (AvgIpc) is 2.69. The molecule has 0 spiro atoms. The molecule has 0 saturated carbocycles. The summed E-state index contributed by atoms with van der Waals surface area (Å²) in [6, 6.07) is 5.62. The van der Waals surface area contributed by atoms with E-state index in [1.807, 2.05) is 37.6 Å². The number of hydrogen-bond acceptors (Lipinski definition) is 3. The van der Waals surface area contributed by atoms with E-state index in [9.17, 15) is 0 Å². The number of ether oxygens (including phenoxy) is 1. The molecule has 17 heavy (non-hydrogen) atoms. The number of nitrogen functional groups attached to an aromatic ring is 1. The first-order valence-electron chi connectivity index (χ1n) is 5.31. The SMILES string of the molecule is Cn1cc(CCOc2c(N)cccc2Br)cn1. The molecule has 2 N–H and O–H groups in total. The third-order valence-corrected chi connectivity index (χ3v) is 3.02. The van der Waals surface area contributed by atoms with Crippen molar-refractivity contribution in [2.24, 2.45) is 7.05 Å². The standard InChI is InChI=1S/C12H14BrN3O/c1-16-8-9(7-15-16)5-6-17-12-10(13)3-2-4-11(12)14/h2-4,7-8H,5-6,14H2,1H3. The zero-order valence-electron chi connectivity index (χ0n) is 9.56. The Morgan fingerprint density at radius 2 is 2.29 bits per heavy atom. The van der Waals surface area contributed by atoms with Crippen molar-refractivity contribution in [3.05, 3.63) is 40.6 Å². The van der Waals surface area contributed by atoms with Crippen LogP contribution < -0.4 is 10.5 Å². The van der Waals surface area contributed by atoms with Crippen LogP contribution in [0.5, 0.6) is 5.75 Å². The largest absolute Gasteiger partial charge is 0.490 e. The number of aryl methyl sites for hydroxylation is 1. The predicted octanol–water partition coefficient (Wildman–Crippen LogP) is 2.39. The lowest BCUT2D eigenvalue weighted by molar-refractivity contribution is 0.321. The second kappa shape index (κ2) is 5.23. The van der Waals surface area contributed by atoms with Crippen LogP contribution in [0.4, 0.5) is 5.69 Å². The molecule has 1 heterocycles. The van der Waals surface area contributed by atoms with E-state index in [1.165, 1.54) is 0 Å². The van der Waals surface area contributed by atoms with Crippen LogP contribution in [0.15, 0.2) is 35.1 Å². The van der Waals surface area contributed by atoms with Gasteiger partial charge in [-0.05, 0) is 33.6 Å². The van der Waals surface area contributed by atoms with E-state index in [4.69, 9.17) is 10.5 Å². The average molecular weight is 296 g/mol. The number of para-hydroxylation sites is 1. The van der Waals surface area contributed by atoms with E-state index in [0.29, 0.717) is 18.0 Å². The second-order valence-electron chi connectivity index (χ2n) is 3.78. The summed E-state index contributed by atoms with van der Waals surface area (Å²) < 4.78 is 8.33. The molecule has 0 aliphatic carbocycles. The Labute approximate surface area is 109 Å². The van der Waals surface area contributed by atoms with E-state index in [0.717, 1.165) is 16.5 Å². The van der Waals surface area contributed by atoms with Gasteiger partial charge in [-0.3, -0.25) is 4.68 Å². The van der Waals surface area contributed by atoms with Crippen LogP contribution in [0.25, 0.3) is 0 Å². The molecule has 0 radical (unpaired) electrons. The van der Waals surface area contributed by atoms with Crippen LogP contribution in [-0.2, 0) is 13.5 Å². The Bertz CT molecular complexity index is 490. The molecule has 2 rings (SSSR count). The first-order valence-corrected chi connectivity index (χ1v) is 6.10. The molecule has 0 aliphatic rings. The molecule has 0 bridgehead atoms. The van der Waals surface area contributed by atoms with Gasteiger partial charge in [0.1, 0.15) is 0 Å². The number of hydrogen-bond donors (Lipinski definition) is 1. The quantitative estimate of drug-likeness (QED) is 0.881. The first kappa shape index (κ1) is 12.0. The molecule has 2 aromatic rings. The lowest BCUT2D eigenvalue weighted by Crippen LogP contribution is -2.03. The van der Waals surface area contributed by atoms with E-state index in [-0.39, 0.29) is 0 Å². The summed E-state index contributed by atoms with van der Waals surface area (Å²) in [6.07, 6.45) is 4.63. The lowest BCUT2D eigenvalue weighted by atomic mass is 10.2. The molecule has 0 fully saturated rings. The summed E-state index contributed by atoms with van der Waals surface area (Å²) in [6.45, 7) is 0.582. The van der Waals surface area contributed by atoms with E-state index in [2.05, 4.69) is 21.0 Å². The van der Waals surface area contributed by atoms with Gasteiger partial charge >= 0.3 is 0 Å². The van der Waals surface area contributed by atoms with E-state index < -0.39 is 0 Å². The third-order valence-electron chi connectivity index (χ3n) is 2.39. The van der Waals surface area contributed by atoms with Gasteiger partial charge in [-0.25, -0.2) is 0 Å². The summed E-state index contributed by atoms with van der Waals surface area (Å²) >= 11 is 3.42. The van der Waals surface area contributed by atoms with Crippen LogP contribution in [0, 0.1) is 0 Å². The normalized spacial score (nSPS) is 10.5. The monoisotopic (exact) mass is 295 g/mol. The van der Waals surface area contributed by atoms with Gasteiger partial charge in [0.05, 0.1) is 23.0 Å². The number of anilines is 1. The van der Waals surface area contributed by atoms with Gasteiger partial charge < -0.3 is 10.5 Å². The van der Waals surface area contributed by atoms with Gasteiger partial charge in [-0.15, -0.1) is 0 Å². The number of nitrogens with two attached hydrogens (primary N) is 1. The van der Waals surface area contributed by atoms with Crippen molar-refractivity contribution in [3.63, 3.8) is 0 Å². The van der Waals surface area contributed by atoms with Crippen molar-refractivity contribution in [1.82, 2.24) is 9.78 Å². The fraction of sp³-hybridized carbons (Fsp3) is 0.250. The molecular formula is C12H14BrN3O. The van der Waals surface area contributed by atoms with Crippen LogP contribution in [-0.4, -0.2) is 16.4 Å². The maximum atomic E-state index is 5.83. The maximum absolute atomic E-state index is 5.83. The highest BCUT2D eigenvalue weighted by Crippen LogP contribution is 2.30. The van der Waals surface area contributed by atoms with E-state index >= 15 is 0 Å². The van der Waals surface area contributed by atoms with Crippen molar-refractivity contribution in [2.75, 3.05) is 12.3 Å². The Kier molecular flexibility index (Phi) is 3.68. The second-order valence-corrected chi connectivity index (χ2v) is 4.63. The van der Waals surface area contributed by atoms with Gasteiger partial charge in [0.15, 0.2) is 5.75 Å². The minimum Gasteiger partial charge on any atom is -0.490 e. The number of rotatable bonds is 4. The van der Waals surface area contributed by atoms with Crippen LogP contribution in [0.3, 0.4) is 0 Å². The topological polar surface area (TPSA) is 53.1 Å². The van der Waals surface area contributed by atoms with Crippen molar-refractivity contribution < 1.29 is 4.74 Å². The van der Waals surface area contributed by atoms with Crippen LogP contribution in [0.2, 0.25) is 0 Å². The lowest BCUT2D eigenvalue weighted by Gasteiger charge is -2.09. The van der Waals surface area contributed by atoms with Crippen LogP contribution >= 0.6 is 15.9 Å². The van der Waals surface area contributed by atoms with Crippen molar-refractivity contribution in [2.45, 2.75) is 6.42 Å². The summed E-state index contributed by atoms with van der Waals surface area (Å²) in [5.41, 5.74) is 7.63. The number of benzene rings is 1. The zero-order valence-corrected chi connectivity index (χ0v) is 11.1. The molecule has 0 unspecified atom stereocenters. The fourth-order valence-corrected chi connectivity index (χ4v) is 2.05. The summed E-state index contributed by atoms with van der Waals surface area (Å²) in [5.74, 6) is 0.705. The molecular weight excluding hydrogens is 282 g/mol. The Balaban J connectivity index is 1.94. The highest BCUT2D eigenvalue weighted by molar-refractivity contribution is 9.10. The van der Waals surface area contributed by atoms with Gasteiger partial charge in [-0.2, -0.15) is 5.10 Å². The highest BCUT2D eigenvalue weighted by Gasteiger charge is 2.05. The minimum absolute atomic E-state index is 0.582. The van der Waals surface area contributed by atoms with E-state index in [1.54, 1.807) is 4.68 Å². The molecule has 90 valence electrons. The summed E-state index contributed by atoms with van der Waals surface area (Å²) in [4.78, 5) is 0. The fourth-order valence-electron chi connectivity index (χ4n) is 1.55. The summed E-state index contributed by atoms with van der Waals surface area (Å²) in [7, 11) is 1.90. The van der Waals surface area contributed by atoms with Crippen LogP contribution in [0.1, 0.15) is 5.56 Å². The maximum Gasteiger partial charge on any atom is 0.156 e. The molecule has 1 aromatic carbocycles. The zero-order chi connectivity index (χ0) is 12.3. The molecule has 0 atom stereocenters. The first-order chi connectivity index (χ1) is 8.16. The van der Waals surface area contributed by atoms with Crippen molar-refractivity contribution >= 4 is 21.6 Å². The molecule has 5 heteroatoms. The molecule has 1 aromatic heterocycles. The molecule has 4 nitrogen and oxygen atoms in total. The van der Waals surface area contributed by atoms with Crippen molar-refractivity contribution in [1.29, 1.82) is 0 Å². The van der Waals surface area contributed by atoms with Crippen molar-refractivity contribution in [3.8, 4) is 5.75 Å². The highest BCUT2D eigenvalue weighted by atomic mass is 79.9. The summed E-state index contributed by atoms with van der Waals surface area (Å²) in [5, 5.41) is 4.10. The van der Waals surface area contributed by atoms with Gasteiger partial charge in [0.2, 0.25) is 0 Å². The smallest absolute Gasteiger partial charge is 0.156 e. The van der Waals surface area contributed by atoms with Gasteiger partial charge in [0, 0.05) is 19.7 Å². The number of halogens is 1. The molecule has 0 saturated heterocycles. The number of nitrogens with zero attached hydrogens (tertiary/aromatic N) is 2. The Morgan fingerprint density at radius 3 is 2.94 bits per heavy atom.